The quantitative estimate of drug-likeness (QED) is 0.155. The third kappa shape index (κ3) is 5.27. The molecule has 1 unspecified atom stereocenters. The highest BCUT2D eigenvalue weighted by atomic mass is 16.8. The number of nitro benzene ring substituents is 1. The number of carbonyl (C=O) groups excluding carboxylic acids is 3. The number of aliphatic carboxylic acids is 1. The second kappa shape index (κ2) is 8.51. The van der Waals surface area contributed by atoms with E-state index in [4.69, 9.17) is 4.84 Å². The van der Waals surface area contributed by atoms with Crippen LogP contribution in [0, 0.1) is 10.1 Å². The van der Waals surface area contributed by atoms with Crippen molar-refractivity contribution in [2.45, 2.75) is 13.5 Å². The van der Waals surface area contributed by atoms with Crippen LogP contribution in [0.1, 0.15) is 12.5 Å². The van der Waals surface area contributed by atoms with Gasteiger partial charge >= 0.3 is 5.97 Å². The molecule has 1 rings (SSSR count). The largest absolute Gasteiger partial charge is 0.539 e. The first-order chi connectivity index (χ1) is 11.3. The van der Waals surface area contributed by atoms with E-state index in [-0.39, 0.29) is 31.9 Å². The molecule has 10 nitrogen and oxygen atoms in total. The summed E-state index contributed by atoms with van der Waals surface area (Å²) in [4.78, 5) is 50.7. The van der Waals surface area contributed by atoms with E-state index in [1.807, 2.05) is 0 Å². The molecule has 10 heteroatoms. The zero-order valence-electron chi connectivity index (χ0n) is 12.8. The molecule has 0 aliphatic heterocycles. The number of isocyanates is 1. The fraction of sp³-hybridized carbons (Fsp3) is 0.357. The number of likely N-dealkylation sites (N-methyl/N-ethyl adjacent to an activating group) is 1. The number of hydrogen-bond acceptors (Lipinski definition) is 8. The SMILES string of the molecule is CC[N+](CCN=C=O)(Cc1ccc([N+](=O)[O-])cc1)OC(=O)C(=O)[O-]. The van der Waals surface area contributed by atoms with Crippen molar-refractivity contribution in [3.63, 3.8) is 0 Å². The summed E-state index contributed by atoms with van der Waals surface area (Å²) in [6.07, 6.45) is 1.35. The lowest BCUT2D eigenvalue weighted by atomic mass is 10.2. The zero-order chi connectivity index (χ0) is 18.2. The molecule has 0 aliphatic rings. The highest BCUT2D eigenvalue weighted by Crippen LogP contribution is 2.19. The van der Waals surface area contributed by atoms with Crippen LogP contribution >= 0.6 is 0 Å². The van der Waals surface area contributed by atoms with Crippen molar-refractivity contribution in [3.8, 4) is 0 Å². The third-order valence-electron chi connectivity index (χ3n) is 3.32. The molecule has 1 aromatic carbocycles. The summed E-state index contributed by atoms with van der Waals surface area (Å²) < 4.78 is -0.462. The summed E-state index contributed by atoms with van der Waals surface area (Å²) in [7, 11) is 0. The summed E-state index contributed by atoms with van der Waals surface area (Å²) in [5, 5.41) is 21.3. The smallest absolute Gasteiger partial charge is 0.412 e. The molecule has 0 radical (unpaired) electrons. The molecule has 0 saturated heterocycles. The Balaban J connectivity index is 3.05. The Morgan fingerprint density at radius 2 is 1.96 bits per heavy atom. The van der Waals surface area contributed by atoms with Gasteiger partial charge < -0.3 is 9.90 Å². The number of carbonyl (C=O) groups is 2. The van der Waals surface area contributed by atoms with Crippen LogP contribution in [-0.4, -0.2) is 47.2 Å². The minimum absolute atomic E-state index is 0.0295. The summed E-state index contributed by atoms with van der Waals surface area (Å²) in [6.45, 7) is 1.87. The van der Waals surface area contributed by atoms with Gasteiger partial charge in [-0.3, -0.25) is 15.0 Å². The van der Waals surface area contributed by atoms with E-state index in [0.717, 1.165) is 0 Å². The van der Waals surface area contributed by atoms with Gasteiger partial charge in [-0.25, -0.2) is 9.59 Å². The van der Waals surface area contributed by atoms with Gasteiger partial charge in [0.15, 0.2) is 5.97 Å². The lowest BCUT2D eigenvalue weighted by Crippen LogP contribution is -2.52. The molecule has 0 heterocycles. The molecule has 1 atom stereocenters. The number of nitro groups is 1. The molecule has 0 fully saturated rings. The Morgan fingerprint density at radius 3 is 2.42 bits per heavy atom. The minimum atomic E-state index is -1.99. The number of hydrogen-bond donors (Lipinski definition) is 0. The molecule has 0 amide bonds. The zero-order valence-corrected chi connectivity index (χ0v) is 12.8. The first kappa shape index (κ1) is 18.9. The van der Waals surface area contributed by atoms with Gasteiger partial charge in [0.25, 0.3) is 5.69 Å². The molecule has 0 saturated carbocycles. The van der Waals surface area contributed by atoms with E-state index in [0.29, 0.717) is 5.56 Å². The molecule has 0 aliphatic carbocycles. The molecule has 1 aromatic rings. The van der Waals surface area contributed by atoms with Crippen molar-refractivity contribution in [2.24, 2.45) is 4.99 Å². The highest BCUT2D eigenvalue weighted by molar-refractivity contribution is 6.27. The first-order valence-corrected chi connectivity index (χ1v) is 6.91. The molecule has 128 valence electrons. The fourth-order valence-electron chi connectivity index (χ4n) is 2.04. The third-order valence-corrected chi connectivity index (χ3v) is 3.32. The van der Waals surface area contributed by atoms with Gasteiger partial charge in [0.05, 0.1) is 4.92 Å². The van der Waals surface area contributed by atoms with E-state index >= 15 is 0 Å². The van der Waals surface area contributed by atoms with Crippen LogP contribution in [-0.2, 0) is 25.8 Å². The average molecular weight is 337 g/mol. The van der Waals surface area contributed by atoms with Crippen LogP contribution < -0.4 is 5.11 Å². The van der Waals surface area contributed by atoms with Crippen LogP contribution in [0.4, 0.5) is 5.69 Å². The van der Waals surface area contributed by atoms with E-state index in [1.54, 1.807) is 6.92 Å². The Bertz CT molecular complexity index is 667. The monoisotopic (exact) mass is 337 g/mol. The number of benzene rings is 1. The summed E-state index contributed by atoms with van der Waals surface area (Å²) in [5.41, 5.74) is 0.467. The van der Waals surface area contributed by atoms with Crippen molar-refractivity contribution >= 4 is 23.7 Å². The lowest BCUT2D eigenvalue weighted by molar-refractivity contribution is -1.10. The molecule has 0 spiro atoms. The van der Waals surface area contributed by atoms with Crippen molar-refractivity contribution in [3.05, 3.63) is 39.9 Å². The van der Waals surface area contributed by atoms with E-state index in [2.05, 4.69) is 4.99 Å². The molecule has 0 aromatic heterocycles. The molecule has 0 bridgehead atoms. The van der Waals surface area contributed by atoms with Gasteiger partial charge in [0.2, 0.25) is 6.08 Å². The van der Waals surface area contributed by atoms with E-state index < -0.39 is 21.5 Å². The number of rotatable bonds is 8. The van der Waals surface area contributed by atoms with E-state index in [1.165, 1.54) is 30.3 Å². The van der Waals surface area contributed by atoms with Gasteiger partial charge in [-0.15, -0.1) is 4.65 Å². The van der Waals surface area contributed by atoms with Crippen molar-refractivity contribution < 1.29 is 33.9 Å². The molecule has 0 N–H and O–H groups in total. The Hall–Kier alpha value is -3.10. The maximum atomic E-state index is 11.4. The Labute approximate surface area is 136 Å². The van der Waals surface area contributed by atoms with Crippen molar-refractivity contribution in [2.75, 3.05) is 19.6 Å². The topological polar surface area (TPSA) is 139 Å². The van der Waals surface area contributed by atoms with Gasteiger partial charge in [-0.2, -0.15) is 4.99 Å². The Kier molecular flexibility index (Phi) is 6.72. The average Bonchev–Trinajstić information content (AvgIpc) is 2.55. The first-order valence-electron chi connectivity index (χ1n) is 6.91. The second-order valence-corrected chi connectivity index (χ2v) is 4.82. The van der Waals surface area contributed by atoms with E-state index in [9.17, 15) is 29.6 Å². The number of nitrogens with zero attached hydrogens (tertiary/aromatic N) is 3. The Morgan fingerprint density at radius 1 is 1.33 bits per heavy atom. The van der Waals surface area contributed by atoms with Crippen molar-refractivity contribution in [1.82, 2.24) is 0 Å². The number of non-ortho nitro benzene ring substituents is 1. The normalized spacial score (nSPS) is 12.5. The predicted molar refractivity (Wildman–Crippen MR) is 76.6 cm³/mol. The number of aliphatic imine (C=N–C) groups is 1. The van der Waals surface area contributed by atoms with Gasteiger partial charge in [-0.1, -0.05) is 0 Å². The number of quaternary nitrogens is 1. The van der Waals surface area contributed by atoms with Crippen LogP contribution in [0.5, 0.6) is 0 Å². The lowest BCUT2D eigenvalue weighted by Gasteiger charge is -2.33. The van der Waals surface area contributed by atoms with Crippen molar-refractivity contribution in [1.29, 1.82) is 0 Å². The van der Waals surface area contributed by atoms with Crippen LogP contribution in [0.15, 0.2) is 29.3 Å². The number of hydroxylamine groups is 3. The maximum Gasteiger partial charge on any atom is 0.412 e. The highest BCUT2D eigenvalue weighted by Gasteiger charge is 2.32. The summed E-state index contributed by atoms with van der Waals surface area (Å²) >= 11 is 0. The molecular weight excluding hydrogens is 322 g/mol. The number of carboxylic acids is 1. The maximum absolute atomic E-state index is 11.4. The number of carboxylic acid groups (broad SMARTS) is 1. The molecule has 24 heavy (non-hydrogen) atoms. The van der Waals surface area contributed by atoms with Gasteiger partial charge in [0.1, 0.15) is 26.2 Å². The van der Waals surface area contributed by atoms with Crippen LogP contribution in [0.3, 0.4) is 0 Å². The van der Waals surface area contributed by atoms with Gasteiger partial charge in [-0.05, 0) is 19.1 Å². The predicted octanol–water partition coefficient (Wildman–Crippen LogP) is -0.525. The van der Waals surface area contributed by atoms with Gasteiger partial charge in [0, 0.05) is 17.7 Å². The van der Waals surface area contributed by atoms with Crippen LogP contribution in [0.25, 0.3) is 0 Å². The second-order valence-electron chi connectivity index (χ2n) is 4.82. The van der Waals surface area contributed by atoms with Crippen LogP contribution in [0.2, 0.25) is 0 Å². The minimum Gasteiger partial charge on any atom is -0.539 e. The standard InChI is InChI=1S/C14H15N3O7/c1-2-17(8-7-15-10-18,24-14(21)13(19)20)9-11-3-5-12(6-4-11)16(22)23/h3-6H,2,7-9H2,1H3. The summed E-state index contributed by atoms with van der Waals surface area (Å²) in [5.74, 6) is -3.54. The molecular formula is C14H15N3O7. The fourth-order valence-corrected chi connectivity index (χ4v) is 2.04. The summed E-state index contributed by atoms with van der Waals surface area (Å²) in [6, 6.07) is 5.50.